The van der Waals surface area contributed by atoms with Crippen LogP contribution in [0.15, 0.2) is 0 Å². The third-order valence-corrected chi connectivity index (χ3v) is 2.73. The van der Waals surface area contributed by atoms with Gasteiger partial charge in [-0.05, 0) is 13.0 Å². The Morgan fingerprint density at radius 2 is 1.86 bits per heavy atom. The van der Waals surface area contributed by atoms with Crippen LogP contribution >= 0.6 is 0 Å². The largest absolute Gasteiger partial charge is 0.395 e. The van der Waals surface area contributed by atoms with E-state index in [9.17, 15) is 15.3 Å². The maximum absolute atomic E-state index is 9.59. The van der Waals surface area contributed by atoms with Gasteiger partial charge in [-0.2, -0.15) is 0 Å². The Hall–Kier alpha value is -0.200. The van der Waals surface area contributed by atoms with Gasteiger partial charge in [0.05, 0.1) is 18.8 Å². The molecule has 84 valence electrons. The average Bonchev–Trinajstić information content (AvgIpc) is 2.16. The van der Waals surface area contributed by atoms with Crippen LogP contribution in [0.1, 0.15) is 13.3 Å². The van der Waals surface area contributed by atoms with E-state index in [1.807, 2.05) is 11.8 Å². The molecule has 0 aromatic rings. The minimum Gasteiger partial charge on any atom is -0.395 e. The molecule has 1 saturated heterocycles. The first kappa shape index (κ1) is 11.9. The van der Waals surface area contributed by atoms with E-state index in [0.29, 0.717) is 13.1 Å². The molecular formula is C9H19NO4. The summed E-state index contributed by atoms with van der Waals surface area (Å²) in [6, 6.07) is -0.464. The number of aliphatic hydroxyl groups is 4. The molecule has 4 atom stereocenters. The minimum atomic E-state index is -1.15. The zero-order chi connectivity index (χ0) is 10.7. The van der Waals surface area contributed by atoms with Crippen molar-refractivity contribution < 1.29 is 20.4 Å². The standard InChI is InChI=1S/C9H19NO4/c1-2-3-10-4-7(12)9(14)8(13)6(10)5-11/h6-9,11-14H,2-5H2,1H3/t6?,7?,8-,9-/m1/s1. The number of rotatable bonds is 3. The highest BCUT2D eigenvalue weighted by molar-refractivity contribution is 4.93. The number of aliphatic hydroxyl groups excluding tert-OH is 4. The fourth-order valence-corrected chi connectivity index (χ4v) is 1.92. The van der Waals surface area contributed by atoms with Crippen LogP contribution in [0.25, 0.3) is 0 Å². The van der Waals surface area contributed by atoms with Gasteiger partial charge in [-0.1, -0.05) is 6.92 Å². The third kappa shape index (κ3) is 2.24. The molecule has 0 radical (unpaired) electrons. The van der Waals surface area contributed by atoms with E-state index in [2.05, 4.69) is 0 Å². The molecule has 0 aromatic heterocycles. The van der Waals surface area contributed by atoms with E-state index in [1.54, 1.807) is 0 Å². The Kier molecular flexibility index (Phi) is 4.28. The van der Waals surface area contributed by atoms with Gasteiger partial charge in [0.15, 0.2) is 0 Å². The van der Waals surface area contributed by atoms with E-state index < -0.39 is 24.4 Å². The quantitative estimate of drug-likeness (QED) is 0.435. The molecule has 0 spiro atoms. The number of hydrogen-bond donors (Lipinski definition) is 4. The lowest BCUT2D eigenvalue weighted by atomic mass is 9.94. The highest BCUT2D eigenvalue weighted by atomic mass is 16.4. The van der Waals surface area contributed by atoms with Crippen LogP contribution in [0, 0.1) is 0 Å². The van der Waals surface area contributed by atoms with Crippen molar-refractivity contribution in [2.45, 2.75) is 37.7 Å². The summed E-state index contributed by atoms with van der Waals surface area (Å²) in [5, 5.41) is 37.5. The summed E-state index contributed by atoms with van der Waals surface area (Å²) >= 11 is 0. The predicted molar refractivity (Wildman–Crippen MR) is 50.8 cm³/mol. The fourth-order valence-electron chi connectivity index (χ4n) is 1.92. The lowest BCUT2D eigenvalue weighted by Crippen LogP contribution is -2.62. The van der Waals surface area contributed by atoms with Crippen molar-refractivity contribution >= 4 is 0 Å². The van der Waals surface area contributed by atoms with Crippen molar-refractivity contribution in [1.29, 1.82) is 0 Å². The van der Waals surface area contributed by atoms with Gasteiger partial charge >= 0.3 is 0 Å². The Balaban J connectivity index is 2.66. The first-order valence-corrected chi connectivity index (χ1v) is 5.01. The normalized spacial score (nSPS) is 40.1. The zero-order valence-corrected chi connectivity index (χ0v) is 8.37. The SMILES string of the molecule is CCCN1CC(O)[C@@H](O)[C@H](O)C1CO. The van der Waals surface area contributed by atoms with Crippen molar-refractivity contribution in [3.63, 3.8) is 0 Å². The molecule has 1 rings (SSSR count). The molecular weight excluding hydrogens is 186 g/mol. The molecule has 0 bridgehead atoms. The number of piperidine rings is 1. The molecule has 5 nitrogen and oxygen atoms in total. The summed E-state index contributed by atoms with van der Waals surface area (Å²) in [5.41, 5.74) is 0. The minimum absolute atomic E-state index is 0.203. The van der Waals surface area contributed by atoms with Crippen LogP contribution in [0.5, 0.6) is 0 Å². The number of β-amino-alcohol motifs (C(OH)–C–C–N with tert-alkyl or cyclic N) is 1. The molecule has 0 aromatic carbocycles. The summed E-state index contributed by atoms with van der Waals surface area (Å²) in [6.45, 7) is 2.78. The molecule has 1 fully saturated rings. The Labute approximate surface area is 83.6 Å². The van der Waals surface area contributed by atoms with Gasteiger partial charge in [-0.3, -0.25) is 4.90 Å². The second-order valence-corrected chi connectivity index (χ2v) is 3.79. The van der Waals surface area contributed by atoms with Gasteiger partial charge in [-0.15, -0.1) is 0 Å². The molecule has 0 aliphatic carbocycles. The van der Waals surface area contributed by atoms with E-state index in [4.69, 9.17) is 5.11 Å². The third-order valence-electron chi connectivity index (χ3n) is 2.73. The number of likely N-dealkylation sites (tertiary alicyclic amines) is 1. The van der Waals surface area contributed by atoms with Gasteiger partial charge in [-0.25, -0.2) is 0 Å². The molecule has 5 heteroatoms. The Morgan fingerprint density at radius 1 is 1.21 bits per heavy atom. The molecule has 1 aliphatic rings. The summed E-state index contributed by atoms with van der Waals surface area (Å²) in [5.74, 6) is 0. The topological polar surface area (TPSA) is 84.2 Å². The van der Waals surface area contributed by atoms with Crippen LogP contribution in [0.3, 0.4) is 0 Å². The van der Waals surface area contributed by atoms with Crippen molar-refractivity contribution in [3.8, 4) is 0 Å². The molecule has 0 saturated carbocycles. The van der Waals surface area contributed by atoms with Crippen molar-refractivity contribution in [2.24, 2.45) is 0 Å². The monoisotopic (exact) mass is 205 g/mol. The Morgan fingerprint density at radius 3 is 2.36 bits per heavy atom. The van der Waals surface area contributed by atoms with Crippen LogP contribution in [-0.2, 0) is 0 Å². The highest BCUT2D eigenvalue weighted by Gasteiger charge is 2.40. The Bertz CT molecular complexity index is 178. The first-order valence-electron chi connectivity index (χ1n) is 5.01. The second-order valence-electron chi connectivity index (χ2n) is 3.79. The van der Waals surface area contributed by atoms with Crippen LogP contribution in [0.2, 0.25) is 0 Å². The average molecular weight is 205 g/mol. The van der Waals surface area contributed by atoms with E-state index in [-0.39, 0.29) is 6.61 Å². The summed E-state index contributed by atoms with van der Waals surface area (Å²) in [7, 11) is 0. The first-order chi connectivity index (χ1) is 6.61. The molecule has 0 amide bonds. The second kappa shape index (κ2) is 5.04. The van der Waals surface area contributed by atoms with Gasteiger partial charge in [0.2, 0.25) is 0 Å². The van der Waals surface area contributed by atoms with Crippen molar-refractivity contribution in [2.75, 3.05) is 19.7 Å². The van der Waals surface area contributed by atoms with Gasteiger partial charge < -0.3 is 20.4 Å². The van der Waals surface area contributed by atoms with Gasteiger partial charge in [0.25, 0.3) is 0 Å². The summed E-state index contributed by atoms with van der Waals surface area (Å²) in [4.78, 5) is 1.81. The van der Waals surface area contributed by atoms with Gasteiger partial charge in [0.1, 0.15) is 12.2 Å². The van der Waals surface area contributed by atoms with Crippen molar-refractivity contribution in [1.82, 2.24) is 4.90 Å². The smallest absolute Gasteiger partial charge is 0.109 e. The maximum Gasteiger partial charge on any atom is 0.109 e. The molecule has 1 aliphatic heterocycles. The van der Waals surface area contributed by atoms with Gasteiger partial charge in [0, 0.05) is 6.54 Å². The molecule has 14 heavy (non-hydrogen) atoms. The maximum atomic E-state index is 9.59. The molecule has 4 N–H and O–H groups in total. The predicted octanol–water partition coefficient (Wildman–Crippen LogP) is -1.84. The zero-order valence-electron chi connectivity index (χ0n) is 8.37. The summed E-state index contributed by atoms with van der Waals surface area (Å²) < 4.78 is 0. The van der Waals surface area contributed by atoms with E-state index >= 15 is 0 Å². The fraction of sp³-hybridized carbons (Fsp3) is 1.00. The van der Waals surface area contributed by atoms with Crippen LogP contribution in [0.4, 0.5) is 0 Å². The number of nitrogens with zero attached hydrogens (tertiary/aromatic N) is 1. The lowest BCUT2D eigenvalue weighted by Gasteiger charge is -2.43. The van der Waals surface area contributed by atoms with Crippen LogP contribution < -0.4 is 0 Å². The van der Waals surface area contributed by atoms with Crippen LogP contribution in [-0.4, -0.2) is 69.4 Å². The lowest BCUT2D eigenvalue weighted by molar-refractivity contribution is -0.144. The van der Waals surface area contributed by atoms with E-state index in [1.165, 1.54) is 0 Å². The van der Waals surface area contributed by atoms with E-state index in [0.717, 1.165) is 6.42 Å². The highest BCUT2D eigenvalue weighted by Crippen LogP contribution is 2.18. The molecule has 1 heterocycles. The molecule has 2 unspecified atom stereocenters. The van der Waals surface area contributed by atoms with Crippen molar-refractivity contribution in [3.05, 3.63) is 0 Å². The number of hydrogen-bond acceptors (Lipinski definition) is 5. The summed E-state index contributed by atoms with van der Waals surface area (Å²) in [6.07, 6.45) is -2.28.